The lowest BCUT2D eigenvalue weighted by atomic mass is 9.98. The third kappa shape index (κ3) is 4.89. The van der Waals surface area contributed by atoms with Crippen molar-refractivity contribution < 1.29 is 14.3 Å². The molecule has 0 unspecified atom stereocenters. The number of pyridine rings is 2. The molecule has 0 fully saturated rings. The van der Waals surface area contributed by atoms with Crippen LogP contribution in [0.1, 0.15) is 35.3 Å². The molecule has 150 valence electrons. The number of benzene rings is 1. The fourth-order valence-corrected chi connectivity index (χ4v) is 2.72. The number of aromatic nitrogens is 2. The minimum atomic E-state index is -0.478. The largest absolute Gasteiger partial charge is 0.465 e. The Bertz CT molecular complexity index is 1130. The average Bonchev–Trinajstić information content (AvgIpc) is 2.78. The summed E-state index contributed by atoms with van der Waals surface area (Å²) in [4.78, 5) is 32.8. The Hall–Kier alpha value is -3.98. The van der Waals surface area contributed by atoms with Crippen LogP contribution < -0.4 is 5.32 Å². The number of methoxy groups -OCH3 is 1. The van der Waals surface area contributed by atoms with E-state index in [1.807, 2.05) is 38.1 Å². The van der Waals surface area contributed by atoms with E-state index in [1.54, 1.807) is 30.7 Å². The van der Waals surface area contributed by atoms with Gasteiger partial charge in [0.25, 0.3) is 0 Å². The predicted octanol–water partition coefficient (Wildman–Crippen LogP) is 3.92. The summed E-state index contributed by atoms with van der Waals surface area (Å²) in [6.45, 7) is 3.62. The normalized spacial score (nSPS) is 10.1. The summed E-state index contributed by atoms with van der Waals surface area (Å²) >= 11 is 0. The average molecular weight is 399 g/mol. The molecular weight excluding hydrogens is 378 g/mol. The van der Waals surface area contributed by atoms with E-state index in [0.717, 1.165) is 5.56 Å². The topological polar surface area (TPSA) is 81.2 Å². The summed E-state index contributed by atoms with van der Waals surface area (Å²) in [6.07, 6.45) is 6.47. The number of anilines is 1. The molecule has 0 atom stereocenters. The molecule has 2 aromatic heterocycles. The van der Waals surface area contributed by atoms with Crippen molar-refractivity contribution in [2.45, 2.75) is 13.8 Å². The zero-order valence-electron chi connectivity index (χ0n) is 17.0. The standard InChI is InChI=1S/C24H21N3O3/c1-16(2)23(28)27-22-13-17(6-7-18-5-4-11-25-14-18)8-9-19(22)21-15-26-12-10-20(21)24(29)30-3/h4-5,8-16H,1-3H3,(H,27,28). The van der Waals surface area contributed by atoms with E-state index < -0.39 is 5.97 Å². The van der Waals surface area contributed by atoms with Crippen molar-refractivity contribution in [1.29, 1.82) is 0 Å². The number of ether oxygens (including phenoxy) is 1. The predicted molar refractivity (Wildman–Crippen MR) is 115 cm³/mol. The molecule has 1 N–H and O–H groups in total. The van der Waals surface area contributed by atoms with Crippen molar-refractivity contribution in [2.24, 2.45) is 5.92 Å². The van der Waals surface area contributed by atoms with Crippen LogP contribution in [0.4, 0.5) is 5.69 Å². The van der Waals surface area contributed by atoms with E-state index in [-0.39, 0.29) is 11.8 Å². The highest BCUT2D eigenvalue weighted by molar-refractivity contribution is 6.02. The van der Waals surface area contributed by atoms with Crippen LogP contribution in [0.25, 0.3) is 11.1 Å². The van der Waals surface area contributed by atoms with E-state index in [9.17, 15) is 9.59 Å². The summed E-state index contributed by atoms with van der Waals surface area (Å²) in [5, 5.41) is 2.93. The Morgan fingerprint density at radius 2 is 1.73 bits per heavy atom. The van der Waals surface area contributed by atoms with Gasteiger partial charge in [0.2, 0.25) is 5.91 Å². The first-order valence-corrected chi connectivity index (χ1v) is 9.39. The molecule has 30 heavy (non-hydrogen) atoms. The molecule has 0 aliphatic rings. The molecule has 3 rings (SSSR count). The lowest BCUT2D eigenvalue weighted by Crippen LogP contribution is -2.18. The molecule has 6 nitrogen and oxygen atoms in total. The minimum Gasteiger partial charge on any atom is -0.465 e. The van der Waals surface area contributed by atoms with Crippen molar-refractivity contribution in [3.8, 4) is 23.0 Å². The third-order valence-corrected chi connectivity index (χ3v) is 4.33. The SMILES string of the molecule is COC(=O)c1ccncc1-c1ccc(C#Cc2cccnc2)cc1NC(=O)C(C)C. The summed E-state index contributed by atoms with van der Waals surface area (Å²) in [6, 6.07) is 10.7. The number of carbonyl (C=O) groups excluding carboxylic acids is 2. The number of nitrogens with one attached hydrogen (secondary N) is 1. The molecule has 0 aliphatic carbocycles. The quantitative estimate of drug-likeness (QED) is 0.531. The molecular formula is C24H21N3O3. The van der Waals surface area contributed by atoms with Crippen molar-refractivity contribution in [1.82, 2.24) is 9.97 Å². The highest BCUT2D eigenvalue weighted by Crippen LogP contribution is 2.32. The van der Waals surface area contributed by atoms with E-state index >= 15 is 0 Å². The van der Waals surface area contributed by atoms with Crippen LogP contribution in [-0.4, -0.2) is 29.0 Å². The molecule has 2 heterocycles. The van der Waals surface area contributed by atoms with Gasteiger partial charge in [-0.1, -0.05) is 31.8 Å². The van der Waals surface area contributed by atoms with Crippen LogP contribution in [0.3, 0.4) is 0 Å². The molecule has 1 amide bonds. The molecule has 1 aromatic carbocycles. The van der Waals surface area contributed by atoms with Gasteiger partial charge in [-0.15, -0.1) is 0 Å². The van der Waals surface area contributed by atoms with Crippen molar-refractivity contribution >= 4 is 17.6 Å². The zero-order chi connectivity index (χ0) is 21.5. The fraction of sp³-hybridized carbons (Fsp3) is 0.167. The van der Waals surface area contributed by atoms with Gasteiger partial charge in [-0.3, -0.25) is 14.8 Å². The second-order valence-electron chi connectivity index (χ2n) is 6.81. The Kier molecular flexibility index (Phi) is 6.56. The lowest BCUT2D eigenvalue weighted by molar-refractivity contribution is -0.118. The lowest BCUT2D eigenvalue weighted by Gasteiger charge is -2.15. The van der Waals surface area contributed by atoms with Gasteiger partial charge in [0.1, 0.15) is 0 Å². The van der Waals surface area contributed by atoms with Crippen LogP contribution in [-0.2, 0) is 9.53 Å². The maximum Gasteiger partial charge on any atom is 0.338 e. The number of amides is 1. The first-order valence-electron chi connectivity index (χ1n) is 9.39. The van der Waals surface area contributed by atoms with E-state index in [4.69, 9.17) is 4.74 Å². The van der Waals surface area contributed by atoms with E-state index in [0.29, 0.717) is 27.9 Å². The fourth-order valence-electron chi connectivity index (χ4n) is 2.72. The number of hydrogen-bond acceptors (Lipinski definition) is 5. The van der Waals surface area contributed by atoms with Crippen LogP contribution in [0, 0.1) is 17.8 Å². The third-order valence-electron chi connectivity index (χ3n) is 4.33. The van der Waals surface area contributed by atoms with Gasteiger partial charge in [-0.05, 0) is 30.3 Å². The number of carbonyl (C=O) groups is 2. The zero-order valence-corrected chi connectivity index (χ0v) is 17.0. The number of nitrogens with zero attached hydrogens (tertiary/aromatic N) is 2. The molecule has 0 aliphatic heterocycles. The van der Waals surface area contributed by atoms with Gasteiger partial charge in [-0.2, -0.15) is 0 Å². The Morgan fingerprint density at radius 1 is 0.967 bits per heavy atom. The van der Waals surface area contributed by atoms with Gasteiger partial charge in [0.15, 0.2) is 0 Å². The second kappa shape index (κ2) is 9.48. The van der Waals surface area contributed by atoms with Gasteiger partial charge in [0.05, 0.1) is 12.7 Å². The highest BCUT2D eigenvalue weighted by atomic mass is 16.5. The summed E-state index contributed by atoms with van der Waals surface area (Å²) in [7, 11) is 1.32. The second-order valence-corrected chi connectivity index (χ2v) is 6.81. The molecule has 0 saturated carbocycles. The van der Waals surface area contributed by atoms with Gasteiger partial charge in [-0.25, -0.2) is 4.79 Å². The minimum absolute atomic E-state index is 0.142. The van der Waals surface area contributed by atoms with Crippen molar-refractivity contribution in [3.05, 3.63) is 77.9 Å². The van der Waals surface area contributed by atoms with Crippen LogP contribution in [0.2, 0.25) is 0 Å². The molecule has 0 saturated heterocycles. The molecule has 0 radical (unpaired) electrons. The Labute approximate surface area is 175 Å². The summed E-state index contributed by atoms with van der Waals surface area (Å²) in [5.41, 5.74) is 3.63. The van der Waals surface area contributed by atoms with Crippen molar-refractivity contribution in [3.63, 3.8) is 0 Å². The van der Waals surface area contributed by atoms with Crippen LogP contribution in [0.5, 0.6) is 0 Å². The molecule has 0 bridgehead atoms. The van der Waals surface area contributed by atoms with Gasteiger partial charge >= 0.3 is 5.97 Å². The van der Waals surface area contributed by atoms with E-state index in [1.165, 1.54) is 13.3 Å². The molecule has 3 aromatic rings. The smallest absolute Gasteiger partial charge is 0.338 e. The summed E-state index contributed by atoms with van der Waals surface area (Å²) < 4.78 is 4.89. The molecule has 0 spiro atoms. The van der Waals surface area contributed by atoms with E-state index in [2.05, 4.69) is 27.1 Å². The van der Waals surface area contributed by atoms with Crippen LogP contribution in [0.15, 0.2) is 61.2 Å². The Morgan fingerprint density at radius 3 is 2.43 bits per heavy atom. The number of hydrogen-bond donors (Lipinski definition) is 1. The first kappa shape index (κ1) is 20.7. The maximum absolute atomic E-state index is 12.4. The highest BCUT2D eigenvalue weighted by Gasteiger charge is 2.18. The number of esters is 1. The van der Waals surface area contributed by atoms with Gasteiger partial charge < -0.3 is 10.1 Å². The number of rotatable bonds is 4. The molecule has 6 heteroatoms. The first-order chi connectivity index (χ1) is 14.5. The Balaban J connectivity index is 2.09. The van der Waals surface area contributed by atoms with Crippen molar-refractivity contribution in [2.75, 3.05) is 12.4 Å². The summed E-state index contributed by atoms with van der Waals surface area (Å²) in [5.74, 6) is 5.30. The maximum atomic E-state index is 12.4. The van der Waals surface area contributed by atoms with Crippen LogP contribution >= 0.6 is 0 Å². The monoisotopic (exact) mass is 399 g/mol. The van der Waals surface area contributed by atoms with Gasteiger partial charge in [0, 0.05) is 58.6 Å².